The van der Waals surface area contributed by atoms with E-state index < -0.39 is 0 Å². The number of hydrogen-bond acceptors (Lipinski definition) is 3. The standard InChI is InChI=1S/C15H22ClN3O/c1-11(2)8-17-9-12-4-3-5-13(16)15(12)19-7-6-18-14(20)10-19/h3-5,11,17H,6-10H2,1-2H3,(H,18,20). The lowest BCUT2D eigenvalue weighted by molar-refractivity contribution is -0.120. The van der Waals surface area contributed by atoms with Gasteiger partial charge >= 0.3 is 0 Å². The summed E-state index contributed by atoms with van der Waals surface area (Å²) in [5, 5.41) is 6.98. The molecule has 1 aromatic carbocycles. The van der Waals surface area contributed by atoms with Gasteiger partial charge in [0, 0.05) is 19.6 Å². The molecule has 0 saturated carbocycles. The van der Waals surface area contributed by atoms with Crippen LogP contribution in [-0.2, 0) is 11.3 Å². The number of hydrogen-bond donors (Lipinski definition) is 2. The van der Waals surface area contributed by atoms with Crippen molar-refractivity contribution in [3.63, 3.8) is 0 Å². The van der Waals surface area contributed by atoms with Crippen molar-refractivity contribution < 1.29 is 4.79 Å². The number of nitrogens with one attached hydrogen (secondary N) is 2. The first kappa shape index (κ1) is 15.1. The molecule has 2 N–H and O–H groups in total. The van der Waals surface area contributed by atoms with Crippen LogP contribution in [0.3, 0.4) is 0 Å². The Morgan fingerprint density at radius 1 is 1.45 bits per heavy atom. The molecule has 0 unspecified atom stereocenters. The third-order valence-corrected chi connectivity index (χ3v) is 3.60. The number of carbonyl (C=O) groups excluding carboxylic acids is 1. The highest BCUT2D eigenvalue weighted by atomic mass is 35.5. The van der Waals surface area contributed by atoms with Crippen LogP contribution in [0.1, 0.15) is 19.4 Å². The van der Waals surface area contributed by atoms with E-state index in [-0.39, 0.29) is 5.91 Å². The first-order chi connectivity index (χ1) is 9.58. The lowest BCUT2D eigenvalue weighted by Crippen LogP contribution is -2.48. The van der Waals surface area contributed by atoms with Crippen molar-refractivity contribution in [3.05, 3.63) is 28.8 Å². The normalized spacial score (nSPS) is 15.6. The van der Waals surface area contributed by atoms with E-state index in [4.69, 9.17) is 11.6 Å². The fourth-order valence-electron chi connectivity index (χ4n) is 2.38. The molecule has 0 aromatic heterocycles. The minimum atomic E-state index is 0.0530. The fraction of sp³-hybridized carbons (Fsp3) is 0.533. The number of halogens is 1. The van der Waals surface area contributed by atoms with Gasteiger partial charge in [0.1, 0.15) is 0 Å². The van der Waals surface area contributed by atoms with Gasteiger partial charge in [-0.1, -0.05) is 37.6 Å². The van der Waals surface area contributed by atoms with Crippen molar-refractivity contribution in [3.8, 4) is 0 Å². The zero-order valence-electron chi connectivity index (χ0n) is 12.1. The van der Waals surface area contributed by atoms with E-state index in [9.17, 15) is 4.79 Å². The van der Waals surface area contributed by atoms with Gasteiger partial charge in [-0.25, -0.2) is 0 Å². The van der Waals surface area contributed by atoms with Gasteiger partial charge in [0.15, 0.2) is 0 Å². The molecule has 1 aliphatic rings. The van der Waals surface area contributed by atoms with E-state index in [0.717, 1.165) is 30.9 Å². The molecular weight excluding hydrogens is 274 g/mol. The van der Waals surface area contributed by atoms with Crippen LogP contribution in [0.5, 0.6) is 0 Å². The second-order valence-electron chi connectivity index (χ2n) is 5.54. The average molecular weight is 296 g/mol. The lowest BCUT2D eigenvalue weighted by atomic mass is 10.1. The van der Waals surface area contributed by atoms with Crippen LogP contribution in [0, 0.1) is 5.92 Å². The summed E-state index contributed by atoms with van der Waals surface area (Å²) in [6, 6.07) is 5.92. The van der Waals surface area contributed by atoms with Crippen LogP contribution in [-0.4, -0.2) is 32.1 Å². The Morgan fingerprint density at radius 3 is 2.95 bits per heavy atom. The molecule has 1 fully saturated rings. The molecule has 110 valence electrons. The van der Waals surface area contributed by atoms with Gasteiger partial charge in [-0.3, -0.25) is 4.79 Å². The van der Waals surface area contributed by atoms with Crippen molar-refractivity contribution in [2.45, 2.75) is 20.4 Å². The zero-order chi connectivity index (χ0) is 14.5. The molecule has 20 heavy (non-hydrogen) atoms. The number of para-hydroxylation sites is 1. The number of anilines is 1. The predicted octanol–water partition coefficient (Wildman–Crippen LogP) is 2.02. The van der Waals surface area contributed by atoms with Crippen LogP contribution in [0.25, 0.3) is 0 Å². The van der Waals surface area contributed by atoms with Crippen molar-refractivity contribution in [2.75, 3.05) is 31.1 Å². The molecule has 0 radical (unpaired) electrons. The third-order valence-electron chi connectivity index (χ3n) is 3.29. The molecule has 4 nitrogen and oxygen atoms in total. The van der Waals surface area contributed by atoms with Gasteiger partial charge in [0.05, 0.1) is 17.3 Å². The molecule has 0 spiro atoms. The summed E-state index contributed by atoms with van der Waals surface area (Å²) in [5.74, 6) is 0.663. The van der Waals surface area contributed by atoms with Crippen LogP contribution >= 0.6 is 11.6 Å². The molecule has 1 saturated heterocycles. The Hall–Kier alpha value is -1.26. The lowest BCUT2D eigenvalue weighted by Gasteiger charge is -2.31. The summed E-state index contributed by atoms with van der Waals surface area (Å²) in [7, 11) is 0. The van der Waals surface area contributed by atoms with Crippen molar-refractivity contribution in [1.82, 2.24) is 10.6 Å². The number of piperazine rings is 1. The number of rotatable bonds is 5. The Morgan fingerprint density at radius 2 is 2.25 bits per heavy atom. The largest absolute Gasteiger partial charge is 0.359 e. The van der Waals surface area contributed by atoms with Crippen LogP contribution < -0.4 is 15.5 Å². The SMILES string of the molecule is CC(C)CNCc1cccc(Cl)c1N1CCNC(=O)C1. The summed E-state index contributed by atoms with van der Waals surface area (Å²) >= 11 is 6.35. The van der Waals surface area contributed by atoms with E-state index >= 15 is 0 Å². The van der Waals surface area contributed by atoms with E-state index in [1.165, 1.54) is 0 Å². The monoisotopic (exact) mass is 295 g/mol. The van der Waals surface area contributed by atoms with Crippen LogP contribution in [0.4, 0.5) is 5.69 Å². The second-order valence-corrected chi connectivity index (χ2v) is 5.95. The first-order valence-corrected chi connectivity index (χ1v) is 7.45. The van der Waals surface area contributed by atoms with Gasteiger partial charge in [0.2, 0.25) is 5.91 Å². The molecule has 1 amide bonds. The van der Waals surface area contributed by atoms with Gasteiger partial charge in [-0.05, 0) is 24.1 Å². The smallest absolute Gasteiger partial charge is 0.239 e. The molecule has 1 aromatic rings. The number of nitrogens with zero attached hydrogens (tertiary/aromatic N) is 1. The molecule has 0 atom stereocenters. The highest BCUT2D eigenvalue weighted by Crippen LogP contribution is 2.30. The molecule has 2 rings (SSSR count). The minimum absolute atomic E-state index is 0.0530. The van der Waals surface area contributed by atoms with Gasteiger partial charge in [0.25, 0.3) is 0 Å². The molecule has 0 bridgehead atoms. The quantitative estimate of drug-likeness (QED) is 0.873. The van der Waals surface area contributed by atoms with Crippen molar-refractivity contribution >= 4 is 23.2 Å². The van der Waals surface area contributed by atoms with Crippen LogP contribution in [0.2, 0.25) is 5.02 Å². The van der Waals surface area contributed by atoms with E-state index in [0.29, 0.717) is 24.0 Å². The first-order valence-electron chi connectivity index (χ1n) is 7.07. The number of benzene rings is 1. The summed E-state index contributed by atoms with van der Waals surface area (Å²) in [6.45, 7) is 7.94. The Balaban J connectivity index is 2.15. The Labute approximate surface area is 125 Å². The van der Waals surface area contributed by atoms with E-state index in [1.807, 2.05) is 12.1 Å². The summed E-state index contributed by atoms with van der Waals surface area (Å²) in [4.78, 5) is 13.6. The molecule has 0 aliphatic carbocycles. The Bertz CT molecular complexity index is 476. The maximum absolute atomic E-state index is 11.6. The highest BCUT2D eigenvalue weighted by molar-refractivity contribution is 6.33. The van der Waals surface area contributed by atoms with Crippen molar-refractivity contribution in [2.24, 2.45) is 5.92 Å². The van der Waals surface area contributed by atoms with E-state index in [1.54, 1.807) is 0 Å². The second kappa shape index (κ2) is 6.95. The number of carbonyl (C=O) groups is 1. The fourth-order valence-corrected chi connectivity index (χ4v) is 2.70. The van der Waals surface area contributed by atoms with Gasteiger partial charge in [-0.15, -0.1) is 0 Å². The minimum Gasteiger partial charge on any atom is -0.359 e. The van der Waals surface area contributed by atoms with Gasteiger partial charge in [-0.2, -0.15) is 0 Å². The van der Waals surface area contributed by atoms with E-state index in [2.05, 4.69) is 35.4 Å². The molecular formula is C15H22ClN3O. The molecule has 1 heterocycles. The average Bonchev–Trinajstić information content (AvgIpc) is 2.38. The molecule has 1 aliphatic heterocycles. The topological polar surface area (TPSA) is 44.4 Å². The maximum atomic E-state index is 11.6. The predicted molar refractivity (Wildman–Crippen MR) is 83.2 cm³/mol. The summed E-state index contributed by atoms with van der Waals surface area (Å²) in [6.07, 6.45) is 0. The number of amides is 1. The third kappa shape index (κ3) is 3.87. The van der Waals surface area contributed by atoms with Crippen LogP contribution in [0.15, 0.2) is 18.2 Å². The maximum Gasteiger partial charge on any atom is 0.239 e. The Kier molecular flexibility index (Phi) is 5.26. The van der Waals surface area contributed by atoms with Gasteiger partial charge < -0.3 is 15.5 Å². The van der Waals surface area contributed by atoms with Crippen molar-refractivity contribution in [1.29, 1.82) is 0 Å². The zero-order valence-corrected chi connectivity index (χ0v) is 12.8. The highest BCUT2D eigenvalue weighted by Gasteiger charge is 2.20. The molecule has 5 heteroatoms. The summed E-state index contributed by atoms with van der Waals surface area (Å²) < 4.78 is 0. The summed E-state index contributed by atoms with van der Waals surface area (Å²) in [5.41, 5.74) is 2.13.